The van der Waals surface area contributed by atoms with Crippen molar-refractivity contribution in [3.05, 3.63) is 29.8 Å². The number of nitrogens with zero attached hydrogens (tertiary/aromatic N) is 1. The fourth-order valence-electron chi connectivity index (χ4n) is 1.37. The van der Waals surface area contributed by atoms with E-state index in [1.165, 1.54) is 18.2 Å². The molecule has 1 aliphatic heterocycles. The van der Waals surface area contributed by atoms with Crippen molar-refractivity contribution in [3.63, 3.8) is 0 Å². The fourth-order valence-corrected chi connectivity index (χ4v) is 1.37. The molecule has 2 amide bonds. The molecule has 5 nitrogen and oxygen atoms in total. The van der Waals surface area contributed by atoms with Gasteiger partial charge < -0.3 is 9.84 Å². The molecule has 0 aliphatic carbocycles. The van der Waals surface area contributed by atoms with E-state index in [1.54, 1.807) is 6.07 Å². The Labute approximate surface area is 85.9 Å². The average Bonchev–Trinajstić information content (AvgIpc) is 2.63. The minimum atomic E-state index is -0.636. The summed E-state index contributed by atoms with van der Waals surface area (Å²) in [4.78, 5) is 23.8. The SMILES string of the molecule is O=C1OCCN1C(=O)c1cccc(O)c1. The van der Waals surface area contributed by atoms with Gasteiger partial charge in [-0.1, -0.05) is 6.07 Å². The Kier molecular flexibility index (Phi) is 2.29. The summed E-state index contributed by atoms with van der Waals surface area (Å²) in [5.41, 5.74) is 0.272. The van der Waals surface area contributed by atoms with Crippen LogP contribution in [0.4, 0.5) is 4.79 Å². The van der Waals surface area contributed by atoms with E-state index in [1.807, 2.05) is 0 Å². The maximum atomic E-state index is 11.7. The average molecular weight is 207 g/mol. The number of imide groups is 1. The van der Waals surface area contributed by atoms with E-state index in [9.17, 15) is 14.7 Å². The summed E-state index contributed by atoms with van der Waals surface area (Å²) in [6.45, 7) is 0.483. The highest BCUT2D eigenvalue weighted by atomic mass is 16.6. The molecule has 0 radical (unpaired) electrons. The molecule has 78 valence electrons. The zero-order valence-electron chi connectivity index (χ0n) is 7.84. The van der Waals surface area contributed by atoms with E-state index >= 15 is 0 Å². The van der Waals surface area contributed by atoms with Gasteiger partial charge >= 0.3 is 6.09 Å². The molecule has 15 heavy (non-hydrogen) atoms. The molecule has 0 atom stereocenters. The molecule has 0 aromatic heterocycles. The van der Waals surface area contributed by atoms with Crippen LogP contribution in [0.3, 0.4) is 0 Å². The maximum absolute atomic E-state index is 11.7. The van der Waals surface area contributed by atoms with Gasteiger partial charge in [0.25, 0.3) is 5.91 Å². The van der Waals surface area contributed by atoms with Gasteiger partial charge in [-0.05, 0) is 18.2 Å². The summed E-state index contributed by atoms with van der Waals surface area (Å²) in [5, 5.41) is 9.18. The minimum Gasteiger partial charge on any atom is -0.508 e. The van der Waals surface area contributed by atoms with E-state index in [-0.39, 0.29) is 24.5 Å². The van der Waals surface area contributed by atoms with E-state index < -0.39 is 12.0 Å². The number of phenols is 1. The van der Waals surface area contributed by atoms with Crippen LogP contribution < -0.4 is 0 Å². The van der Waals surface area contributed by atoms with Crippen LogP contribution in [-0.2, 0) is 4.74 Å². The van der Waals surface area contributed by atoms with Crippen LogP contribution in [0.5, 0.6) is 5.75 Å². The highest BCUT2D eigenvalue weighted by Gasteiger charge is 2.29. The number of carbonyl (C=O) groups is 2. The second-order valence-corrected chi connectivity index (χ2v) is 3.12. The summed E-state index contributed by atoms with van der Waals surface area (Å²) in [5.74, 6) is -0.457. The minimum absolute atomic E-state index is 0.00610. The molecular weight excluding hydrogens is 198 g/mol. The molecule has 0 bridgehead atoms. The van der Waals surface area contributed by atoms with Crippen molar-refractivity contribution in [2.75, 3.05) is 13.2 Å². The van der Waals surface area contributed by atoms with Crippen molar-refractivity contribution in [1.82, 2.24) is 4.90 Å². The van der Waals surface area contributed by atoms with Crippen LogP contribution in [0.25, 0.3) is 0 Å². The molecule has 1 fully saturated rings. The summed E-state index contributed by atoms with van der Waals surface area (Å²) in [6, 6.07) is 5.85. The molecule has 1 aromatic rings. The Balaban J connectivity index is 2.24. The van der Waals surface area contributed by atoms with Gasteiger partial charge in [-0.15, -0.1) is 0 Å². The first kappa shape index (κ1) is 9.51. The summed E-state index contributed by atoms with van der Waals surface area (Å²) in [6.07, 6.45) is -0.636. The number of ether oxygens (including phenoxy) is 1. The number of benzene rings is 1. The van der Waals surface area contributed by atoms with Crippen LogP contribution in [0.2, 0.25) is 0 Å². The number of amides is 2. The number of phenolic OH excluding ortho intramolecular Hbond substituents is 1. The van der Waals surface area contributed by atoms with Gasteiger partial charge in [0.1, 0.15) is 12.4 Å². The molecule has 0 unspecified atom stereocenters. The van der Waals surface area contributed by atoms with Crippen molar-refractivity contribution in [2.45, 2.75) is 0 Å². The van der Waals surface area contributed by atoms with Gasteiger partial charge in [-0.3, -0.25) is 4.79 Å². The summed E-state index contributed by atoms with van der Waals surface area (Å²) in [7, 11) is 0. The molecule has 1 heterocycles. The molecule has 1 N–H and O–H groups in total. The first-order valence-electron chi connectivity index (χ1n) is 4.46. The van der Waals surface area contributed by atoms with Gasteiger partial charge in [-0.2, -0.15) is 0 Å². The smallest absolute Gasteiger partial charge is 0.416 e. The van der Waals surface area contributed by atoms with Gasteiger partial charge in [0.15, 0.2) is 0 Å². The Morgan fingerprint density at radius 3 is 2.87 bits per heavy atom. The van der Waals surface area contributed by atoms with Crippen molar-refractivity contribution in [1.29, 1.82) is 0 Å². The number of aromatic hydroxyl groups is 1. The molecule has 1 saturated heterocycles. The van der Waals surface area contributed by atoms with E-state index in [0.29, 0.717) is 0 Å². The number of hydrogen-bond acceptors (Lipinski definition) is 4. The molecule has 2 rings (SSSR count). The van der Waals surface area contributed by atoms with Gasteiger partial charge in [0, 0.05) is 5.56 Å². The predicted molar refractivity (Wildman–Crippen MR) is 50.5 cm³/mol. The normalized spacial score (nSPS) is 15.2. The van der Waals surface area contributed by atoms with E-state index in [4.69, 9.17) is 0 Å². The topological polar surface area (TPSA) is 66.8 Å². The van der Waals surface area contributed by atoms with Crippen molar-refractivity contribution in [2.24, 2.45) is 0 Å². The standard InChI is InChI=1S/C10H9NO4/c12-8-3-1-2-7(6-8)9(13)11-4-5-15-10(11)14/h1-3,6,12H,4-5H2. The lowest BCUT2D eigenvalue weighted by molar-refractivity contribution is 0.0809. The van der Waals surface area contributed by atoms with E-state index in [2.05, 4.69) is 4.74 Å². The largest absolute Gasteiger partial charge is 0.508 e. The Morgan fingerprint density at radius 1 is 1.47 bits per heavy atom. The lowest BCUT2D eigenvalue weighted by atomic mass is 10.2. The molecule has 0 saturated carbocycles. The molecular formula is C10H9NO4. The van der Waals surface area contributed by atoms with Crippen molar-refractivity contribution >= 4 is 12.0 Å². The third-order valence-electron chi connectivity index (χ3n) is 2.10. The van der Waals surface area contributed by atoms with Crippen LogP contribution in [-0.4, -0.2) is 35.2 Å². The molecule has 0 spiro atoms. The highest BCUT2D eigenvalue weighted by molar-refractivity contribution is 6.03. The lowest BCUT2D eigenvalue weighted by Crippen LogP contribution is -2.31. The predicted octanol–water partition coefficient (Wildman–Crippen LogP) is 0.985. The van der Waals surface area contributed by atoms with Gasteiger partial charge in [-0.25, -0.2) is 9.69 Å². The Bertz CT molecular complexity index is 416. The molecule has 1 aromatic carbocycles. The van der Waals surface area contributed by atoms with Crippen molar-refractivity contribution in [3.8, 4) is 5.75 Å². The summed E-state index contributed by atoms with van der Waals surface area (Å²) >= 11 is 0. The number of hydrogen-bond donors (Lipinski definition) is 1. The first-order chi connectivity index (χ1) is 7.18. The Morgan fingerprint density at radius 2 is 2.27 bits per heavy atom. The third kappa shape index (κ3) is 1.76. The third-order valence-corrected chi connectivity index (χ3v) is 2.10. The lowest BCUT2D eigenvalue weighted by Gasteiger charge is -2.10. The first-order valence-corrected chi connectivity index (χ1v) is 4.46. The second-order valence-electron chi connectivity index (χ2n) is 3.12. The van der Waals surface area contributed by atoms with Crippen LogP contribution in [0, 0.1) is 0 Å². The maximum Gasteiger partial charge on any atom is 0.416 e. The summed E-state index contributed by atoms with van der Waals surface area (Å²) < 4.78 is 4.64. The monoisotopic (exact) mass is 207 g/mol. The number of cyclic esters (lactones) is 1. The van der Waals surface area contributed by atoms with Crippen LogP contribution in [0.1, 0.15) is 10.4 Å². The molecule has 5 heteroatoms. The highest BCUT2D eigenvalue weighted by Crippen LogP contribution is 2.15. The zero-order valence-corrected chi connectivity index (χ0v) is 7.84. The van der Waals surface area contributed by atoms with E-state index in [0.717, 1.165) is 4.90 Å². The van der Waals surface area contributed by atoms with Gasteiger partial charge in [0.05, 0.1) is 6.54 Å². The second kappa shape index (κ2) is 3.61. The fraction of sp³-hybridized carbons (Fsp3) is 0.200. The zero-order chi connectivity index (χ0) is 10.8. The van der Waals surface area contributed by atoms with Crippen LogP contribution in [0.15, 0.2) is 24.3 Å². The number of rotatable bonds is 1. The quantitative estimate of drug-likeness (QED) is 0.745. The Hall–Kier alpha value is -2.04. The van der Waals surface area contributed by atoms with Gasteiger partial charge in [0.2, 0.25) is 0 Å². The number of carbonyl (C=O) groups excluding carboxylic acids is 2. The van der Waals surface area contributed by atoms with Crippen molar-refractivity contribution < 1.29 is 19.4 Å². The molecule has 1 aliphatic rings. The van der Waals surface area contributed by atoms with Crippen LogP contribution >= 0.6 is 0 Å².